The van der Waals surface area contributed by atoms with Crippen LogP contribution in [0.2, 0.25) is 0 Å². The minimum Gasteiger partial charge on any atom is -0.497 e. The number of hydrogen-bond acceptors (Lipinski definition) is 3. The summed E-state index contributed by atoms with van der Waals surface area (Å²) in [6.45, 7) is 2.86. The molecule has 1 aliphatic rings. The van der Waals surface area contributed by atoms with E-state index < -0.39 is 0 Å². The molecule has 1 aliphatic heterocycles. The van der Waals surface area contributed by atoms with Gasteiger partial charge in [-0.15, -0.1) is 0 Å². The molecule has 21 heavy (non-hydrogen) atoms. The molecule has 0 bridgehead atoms. The van der Waals surface area contributed by atoms with Crippen LogP contribution in [-0.2, 0) is 11.3 Å². The third kappa shape index (κ3) is 5.05. The highest BCUT2D eigenvalue weighted by Crippen LogP contribution is 2.19. The van der Waals surface area contributed by atoms with Crippen LogP contribution in [0.5, 0.6) is 5.75 Å². The van der Waals surface area contributed by atoms with Crippen molar-refractivity contribution < 1.29 is 9.53 Å². The van der Waals surface area contributed by atoms with Crippen LogP contribution in [0.3, 0.4) is 0 Å². The highest BCUT2D eigenvalue weighted by molar-refractivity contribution is 5.75. The van der Waals surface area contributed by atoms with E-state index in [1.165, 1.54) is 12.8 Å². The second-order valence-electron chi connectivity index (χ2n) is 5.83. The summed E-state index contributed by atoms with van der Waals surface area (Å²) in [5.74, 6) is 1.80. The topological polar surface area (TPSA) is 41.6 Å². The first-order valence-electron chi connectivity index (χ1n) is 7.76. The Bertz CT molecular complexity index is 439. The lowest BCUT2D eigenvalue weighted by Gasteiger charge is -2.23. The number of carbonyl (C=O) groups is 1. The van der Waals surface area contributed by atoms with E-state index in [1.807, 2.05) is 36.2 Å². The first kappa shape index (κ1) is 15.8. The van der Waals surface area contributed by atoms with Gasteiger partial charge in [-0.1, -0.05) is 12.1 Å². The zero-order valence-corrected chi connectivity index (χ0v) is 13.1. The van der Waals surface area contributed by atoms with Gasteiger partial charge in [-0.3, -0.25) is 4.79 Å². The van der Waals surface area contributed by atoms with Crippen molar-refractivity contribution in [3.05, 3.63) is 29.8 Å². The van der Waals surface area contributed by atoms with Crippen molar-refractivity contribution in [2.45, 2.75) is 32.2 Å². The first-order valence-corrected chi connectivity index (χ1v) is 7.76. The average Bonchev–Trinajstić information content (AvgIpc) is 2.54. The minimum absolute atomic E-state index is 0.240. The molecule has 0 aromatic heterocycles. The number of carbonyl (C=O) groups excluding carboxylic acids is 1. The number of benzene rings is 1. The molecule has 1 aromatic rings. The number of hydrogen-bond donors (Lipinski definition) is 1. The van der Waals surface area contributed by atoms with Gasteiger partial charge in [0.05, 0.1) is 7.11 Å². The fourth-order valence-electron chi connectivity index (χ4n) is 2.78. The van der Waals surface area contributed by atoms with Crippen LogP contribution in [-0.4, -0.2) is 38.1 Å². The Morgan fingerprint density at radius 3 is 2.57 bits per heavy atom. The van der Waals surface area contributed by atoms with Crippen LogP contribution in [0.15, 0.2) is 24.3 Å². The van der Waals surface area contributed by atoms with Crippen LogP contribution < -0.4 is 10.1 Å². The van der Waals surface area contributed by atoms with E-state index in [1.54, 1.807) is 7.11 Å². The van der Waals surface area contributed by atoms with E-state index in [9.17, 15) is 4.79 Å². The Morgan fingerprint density at radius 2 is 1.95 bits per heavy atom. The highest BCUT2D eigenvalue weighted by atomic mass is 16.5. The summed E-state index contributed by atoms with van der Waals surface area (Å²) in [5, 5.41) is 3.36. The van der Waals surface area contributed by atoms with Crippen molar-refractivity contribution >= 4 is 5.91 Å². The van der Waals surface area contributed by atoms with E-state index in [-0.39, 0.29) is 5.91 Å². The van der Waals surface area contributed by atoms with Crippen molar-refractivity contribution in [3.63, 3.8) is 0 Å². The number of nitrogens with one attached hydrogen (secondary N) is 1. The summed E-state index contributed by atoms with van der Waals surface area (Å²) < 4.78 is 5.14. The van der Waals surface area contributed by atoms with E-state index in [4.69, 9.17) is 4.74 Å². The second kappa shape index (κ2) is 8.03. The lowest BCUT2D eigenvalue weighted by atomic mass is 9.93. The van der Waals surface area contributed by atoms with E-state index >= 15 is 0 Å². The monoisotopic (exact) mass is 290 g/mol. The summed E-state index contributed by atoms with van der Waals surface area (Å²) in [6.07, 6.45) is 4.09. The quantitative estimate of drug-likeness (QED) is 0.875. The number of nitrogens with zero attached hydrogens (tertiary/aromatic N) is 1. The number of ether oxygens (including phenoxy) is 1. The predicted octanol–water partition coefficient (Wildman–Crippen LogP) is 2.43. The molecule has 0 atom stereocenters. The Labute approximate surface area is 127 Å². The third-order valence-corrected chi connectivity index (χ3v) is 4.23. The molecule has 0 spiro atoms. The summed E-state index contributed by atoms with van der Waals surface area (Å²) in [4.78, 5) is 14.0. The molecule has 116 valence electrons. The molecule has 1 saturated heterocycles. The molecule has 1 heterocycles. The van der Waals surface area contributed by atoms with Crippen molar-refractivity contribution in [1.82, 2.24) is 10.2 Å². The standard InChI is InChI=1S/C17H26N2O2/c1-19(13-15-3-6-16(21-2)7-4-15)17(20)8-5-14-9-11-18-12-10-14/h3-4,6-7,14,18H,5,8-13H2,1-2H3. The van der Waals surface area contributed by atoms with Gasteiger partial charge in [0.2, 0.25) is 5.91 Å². The molecular formula is C17H26N2O2. The average molecular weight is 290 g/mol. The van der Waals surface area contributed by atoms with Gasteiger partial charge in [-0.05, 0) is 56.0 Å². The maximum absolute atomic E-state index is 12.2. The Kier molecular flexibility index (Phi) is 6.05. The molecule has 4 heteroatoms. The third-order valence-electron chi connectivity index (χ3n) is 4.23. The van der Waals surface area contributed by atoms with Gasteiger partial charge in [-0.2, -0.15) is 0 Å². The summed E-state index contributed by atoms with van der Waals surface area (Å²) in [5.41, 5.74) is 1.13. The number of methoxy groups -OCH3 is 1. The maximum Gasteiger partial charge on any atom is 0.222 e. The number of amides is 1. The van der Waals surface area contributed by atoms with Crippen LogP contribution in [0.4, 0.5) is 0 Å². The molecule has 0 radical (unpaired) electrons. The zero-order valence-electron chi connectivity index (χ0n) is 13.1. The van der Waals surface area contributed by atoms with Crippen molar-refractivity contribution in [2.75, 3.05) is 27.2 Å². The predicted molar refractivity (Wildman–Crippen MR) is 84.3 cm³/mol. The fourth-order valence-corrected chi connectivity index (χ4v) is 2.78. The molecule has 0 aliphatic carbocycles. The minimum atomic E-state index is 0.240. The molecule has 1 N–H and O–H groups in total. The lowest BCUT2D eigenvalue weighted by Crippen LogP contribution is -2.30. The summed E-state index contributed by atoms with van der Waals surface area (Å²) in [7, 11) is 3.54. The Morgan fingerprint density at radius 1 is 1.29 bits per heavy atom. The van der Waals surface area contributed by atoms with Gasteiger partial charge in [-0.25, -0.2) is 0 Å². The van der Waals surface area contributed by atoms with Crippen LogP contribution in [0, 0.1) is 5.92 Å². The largest absolute Gasteiger partial charge is 0.497 e. The zero-order chi connectivity index (χ0) is 15.1. The molecule has 0 saturated carbocycles. The van der Waals surface area contributed by atoms with Gasteiger partial charge in [0.15, 0.2) is 0 Å². The van der Waals surface area contributed by atoms with E-state index in [2.05, 4.69) is 5.32 Å². The van der Waals surface area contributed by atoms with Gasteiger partial charge < -0.3 is 15.0 Å². The molecule has 2 rings (SSSR count). The molecule has 1 amide bonds. The SMILES string of the molecule is COc1ccc(CN(C)C(=O)CCC2CCNCC2)cc1. The molecule has 0 unspecified atom stereocenters. The summed E-state index contributed by atoms with van der Waals surface area (Å²) >= 11 is 0. The normalized spacial score (nSPS) is 15.7. The van der Waals surface area contributed by atoms with Gasteiger partial charge >= 0.3 is 0 Å². The van der Waals surface area contributed by atoms with Gasteiger partial charge in [0, 0.05) is 20.0 Å². The van der Waals surface area contributed by atoms with E-state index in [0.29, 0.717) is 18.9 Å². The van der Waals surface area contributed by atoms with Gasteiger partial charge in [0.1, 0.15) is 5.75 Å². The molecular weight excluding hydrogens is 264 g/mol. The lowest BCUT2D eigenvalue weighted by molar-refractivity contribution is -0.130. The van der Waals surface area contributed by atoms with Crippen molar-refractivity contribution in [3.8, 4) is 5.75 Å². The smallest absolute Gasteiger partial charge is 0.222 e. The van der Waals surface area contributed by atoms with E-state index in [0.717, 1.165) is 30.8 Å². The summed E-state index contributed by atoms with van der Waals surface area (Å²) in [6, 6.07) is 7.89. The van der Waals surface area contributed by atoms with Crippen LogP contribution >= 0.6 is 0 Å². The number of piperidine rings is 1. The van der Waals surface area contributed by atoms with Crippen LogP contribution in [0.1, 0.15) is 31.2 Å². The maximum atomic E-state index is 12.2. The van der Waals surface area contributed by atoms with Crippen molar-refractivity contribution in [1.29, 1.82) is 0 Å². The van der Waals surface area contributed by atoms with Crippen molar-refractivity contribution in [2.24, 2.45) is 5.92 Å². The molecule has 1 aromatic carbocycles. The second-order valence-corrected chi connectivity index (χ2v) is 5.83. The Hall–Kier alpha value is -1.55. The van der Waals surface area contributed by atoms with Crippen LogP contribution in [0.25, 0.3) is 0 Å². The highest BCUT2D eigenvalue weighted by Gasteiger charge is 2.16. The number of rotatable bonds is 6. The molecule has 1 fully saturated rings. The molecule has 4 nitrogen and oxygen atoms in total. The first-order chi connectivity index (χ1) is 10.2. The van der Waals surface area contributed by atoms with Gasteiger partial charge in [0.25, 0.3) is 0 Å². The Balaban J connectivity index is 1.75. The fraction of sp³-hybridized carbons (Fsp3) is 0.588.